The summed E-state index contributed by atoms with van der Waals surface area (Å²) in [6.07, 6.45) is 1.64. The Morgan fingerprint density at radius 2 is 2.12 bits per heavy atom. The summed E-state index contributed by atoms with van der Waals surface area (Å²) in [5.41, 5.74) is 0. The van der Waals surface area contributed by atoms with Crippen LogP contribution in [0, 0.1) is 0 Å². The topological polar surface area (TPSA) is 69.2 Å². The maximum atomic E-state index is 11.1. The van der Waals surface area contributed by atoms with Crippen LogP contribution < -0.4 is 5.32 Å². The molecule has 17 heavy (non-hydrogen) atoms. The van der Waals surface area contributed by atoms with E-state index in [9.17, 15) is 4.79 Å². The van der Waals surface area contributed by atoms with Crippen molar-refractivity contribution >= 4 is 5.97 Å². The lowest BCUT2D eigenvalue weighted by atomic mass is 10.4. The molecular formula is C12H14NO4+. The number of esters is 1. The molecule has 0 bridgehead atoms. The van der Waals surface area contributed by atoms with E-state index in [1.807, 2.05) is 17.4 Å². The van der Waals surface area contributed by atoms with Crippen LogP contribution in [0.1, 0.15) is 22.1 Å². The Balaban J connectivity index is 1.83. The highest BCUT2D eigenvalue weighted by Crippen LogP contribution is 2.07. The second kappa shape index (κ2) is 5.36. The fourth-order valence-corrected chi connectivity index (χ4v) is 1.48. The first-order valence-electron chi connectivity index (χ1n) is 5.30. The van der Waals surface area contributed by atoms with Gasteiger partial charge in [-0.25, -0.2) is 4.79 Å². The fourth-order valence-electron chi connectivity index (χ4n) is 1.48. The number of nitrogens with two attached hydrogens (primary N) is 1. The molecule has 0 fully saturated rings. The number of hydrogen-bond donors (Lipinski definition) is 1. The van der Waals surface area contributed by atoms with Gasteiger partial charge in [-0.1, -0.05) is 0 Å². The van der Waals surface area contributed by atoms with Gasteiger partial charge in [0.25, 0.3) is 0 Å². The molecule has 2 aromatic heterocycles. The summed E-state index contributed by atoms with van der Waals surface area (Å²) in [6.45, 7) is 1.39. The minimum Gasteiger partial charge on any atom is -0.463 e. The van der Waals surface area contributed by atoms with Gasteiger partial charge in [-0.3, -0.25) is 0 Å². The minimum atomic E-state index is -0.456. The SMILES string of the molecule is COC(=O)c1ccc(C[NH2+]Cc2ccco2)o1. The van der Waals surface area contributed by atoms with Crippen molar-refractivity contribution in [2.45, 2.75) is 13.1 Å². The zero-order valence-electron chi connectivity index (χ0n) is 9.51. The molecule has 0 saturated carbocycles. The van der Waals surface area contributed by atoms with Crippen LogP contribution in [-0.2, 0) is 17.8 Å². The van der Waals surface area contributed by atoms with Crippen LogP contribution in [0.25, 0.3) is 0 Å². The molecule has 2 N–H and O–H groups in total. The van der Waals surface area contributed by atoms with Crippen LogP contribution in [0.3, 0.4) is 0 Å². The molecular weight excluding hydrogens is 222 g/mol. The van der Waals surface area contributed by atoms with Gasteiger partial charge in [0.1, 0.15) is 13.1 Å². The van der Waals surface area contributed by atoms with E-state index in [2.05, 4.69) is 4.74 Å². The van der Waals surface area contributed by atoms with Crippen molar-refractivity contribution < 1.29 is 23.7 Å². The lowest BCUT2D eigenvalue weighted by Gasteiger charge is -1.97. The maximum absolute atomic E-state index is 11.1. The van der Waals surface area contributed by atoms with E-state index in [1.54, 1.807) is 18.4 Å². The highest BCUT2D eigenvalue weighted by Gasteiger charge is 2.11. The highest BCUT2D eigenvalue weighted by atomic mass is 16.5. The van der Waals surface area contributed by atoms with Crippen molar-refractivity contribution in [3.05, 3.63) is 47.8 Å². The zero-order chi connectivity index (χ0) is 12.1. The number of ether oxygens (including phenoxy) is 1. The summed E-state index contributed by atoms with van der Waals surface area (Å²) in [5.74, 6) is 1.41. The second-order valence-corrected chi connectivity index (χ2v) is 3.53. The Bertz CT molecular complexity index is 472. The van der Waals surface area contributed by atoms with Crippen molar-refractivity contribution in [3.63, 3.8) is 0 Å². The number of carbonyl (C=O) groups excluding carboxylic acids is 1. The second-order valence-electron chi connectivity index (χ2n) is 3.53. The summed E-state index contributed by atoms with van der Waals surface area (Å²) < 4.78 is 15.1. The summed E-state index contributed by atoms with van der Waals surface area (Å²) in [7, 11) is 1.33. The van der Waals surface area contributed by atoms with Gasteiger partial charge in [0.05, 0.1) is 13.4 Å². The largest absolute Gasteiger partial charge is 0.463 e. The molecule has 5 heteroatoms. The first-order chi connectivity index (χ1) is 8.29. The van der Waals surface area contributed by atoms with Gasteiger partial charge in [-0.05, 0) is 24.3 Å². The number of quaternary nitrogens is 1. The van der Waals surface area contributed by atoms with Gasteiger partial charge < -0.3 is 18.9 Å². The zero-order valence-corrected chi connectivity index (χ0v) is 9.51. The lowest BCUT2D eigenvalue weighted by Crippen LogP contribution is -2.80. The van der Waals surface area contributed by atoms with Gasteiger partial charge >= 0.3 is 5.97 Å². The van der Waals surface area contributed by atoms with Crippen LogP contribution >= 0.6 is 0 Å². The molecule has 90 valence electrons. The van der Waals surface area contributed by atoms with E-state index in [1.165, 1.54) is 7.11 Å². The van der Waals surface area contributed by atoms with Crippen LogP contribution in [0.4, 0.5) is 0 Å². The maximum Gasteiger partial charge on any atom is 0.373 e. The number of furan rings is 2. The number of rotatable bonds is 5. The Morgan fingerprint density at radius 3 is 2.82 bits per heavy atom. The minimum absolute atomic E-state index is 0.230. The Hall–Kier alpha value is -2.01. The average molecular weight is 236 g/mol. The summed E-state index contributed by atoms with van der Waals surface area (Å²) in [6, 6.07) is 7.15. The van der Waals surface area contributed by atoms with Crippen molar-refractivity contribution in [2.24, 2.45) is 0 Å². The highest BCUT2D eigenvalue weighted by molar-refractivity contribution is 5.86. The molecule has 0 aliphatic carbocycles. The van der Waals surface area contributed by atoms with Crippen molar-refractivity contribution in [2.75, 3.05) is 7.11 Å². The van der Waals surface area contributed by atoms with Crippen molar-refractivity contribution in [1.29, 1.82) is 0 Å². The number of hydrogen-bond acceptors (Lipinski definition) is 4. The molecule has 0 atom stereocenters. The van der Waals surface area contributed by atoms with E-state index >= 15 is 0 Å². The molecule has 2 rings (SSSR count). The third-order valence-electron chi connectivity index (χ3n) is 2.32. The van der Waals surface area contributed by atoms with E-state index in [-0.39, 0.29) is 5.76 Å². The molecule has 0 aromatic carbocycles. The third kappa shape index (κ3) is 2.98. The van der Waals surface area contributed by atoms with Crippen LogP contribution in [-0.4, -0.2) is 13.1 Å². The summed E-state index contributed by atoms with van der Waals surface area (Å²) >= 11 is 0. The molecule has 0 spiro atoms. The van der Waals surface area contributed by atoms with Crippen molar-refractivity contribution in [1.82, 2.24) is 0 Å². The van der Waals surface area contributed by atoms with E-state index in [4.69, 9.17) is 8.83 Å². The standard InChI is InChI=1S/C12H13NO4/c1-15-12(14)11-5-4-10(17-11)8-13-7-9-3-2-6-16-9/h2-6,13H,7-8H2,1H3/p+1. The Morgan fingerprint density at radius 1 is 1.29 bits per heavy atom. The lowest BCUT2D eigenvalue weighted by molar-refractivity contribution is -0.689. The monoisotopic (exact) mass is 236 g/mol. The summed E-state index contributed by atoms with van der Waals surface area (Å²) in [4.78, 5) is 11.1. The van der Waals surface area contributed by atoms with E-state index < -0.39 is 5.97 Å². The molecule has 2 aromatic rings. The van der Waals surface area contributed by atoms with Gasteiger partial charge in [-0.2, -0.15) is 0 Å². The normalized spacial score (nSPS) is 10.4. The quantitative estimate of drug-likeness (QED) is 0.784. The molecule has 0 radical (unpaired) electrons. The van der Waals surface area contributed by atoms with Crippen LogP contribution in [0.15, 0.2) is 39.4 Å². The molecule has 0 amide bonds. The predicted molar refractivity (Wildman–Crippen MR) is 58.1 cm³/mol. The van der Waals surface area contributed by atoms with Crippen molar-refractivity contribution in [3.8, 4) is 0 Å². The first-order valence-corrected chi connectivity index (χ1v) is 5.30. The number of methoxy groups -OCH3 is 1. The Kier molecular flexibility index (Phi) is 3.62. The van der Waals surface area contributed by atoms with E-state index in [0.717, 1.165) is 18.1 Å². The smallest absolute Gasteiger partial charge is 0.373 e. The van der Waals surface area contributed by atoms with Crippen LogP contribution in [0.2, 0.25) is 0 Å². The molecule has 0 unspecified atom stereocenters. The molecule has 0 aliphatic heterocycles. The molecule has 0 saturated heterocycles. The van der Waals surface area contributed by atoms with Crippen LogP contribution in [0.5, 0.6) is 0 Å². The fraction of sp³-hybridized carbons (Fsp3) is 0.250. The van der Waals surface area contributed by atoms with Gasteiger partial charge in [-0.15, -0.1) is 0 Å². The number of carbonyl (C=O) groups is 1. The molecule has 2 heterocycles. The first kappa shape index (κ1) is 11.5. The van der Waals surface area contributed by atoms with E-state index in [0.29, 0.717) is 6.54 Å². The van der Waals surface area contributed by atoms with Gasteiger partial charge in [0.2, 0.25) is 5.76 Å². The summed E-state index contributed by atoms with van der Waals surface area (Å²) in [5, 5.41) is 2.03. The van der Waals surface area contributed by atoms with Gasteiger partial charge in [0, 0.05) is 0 Å². The molecule has 0 aliphatic rings. The predicted octanol–water partition coefficient (Wildman–Crippen LogP) is 0.923. The average Bonchev–Trinajstić information content (AvgIpc) is 2.99. The van der Waals surface area contributed by atoms with Gasteiger partial charge in [0.15, 0.2) is 11.5 Å². The third-order valence-corrected chi connectivity index (χ3v) is 2.32. The molecule has 5 nitrogen and oxygen atoms in total. The Labute approximate surface area is 98.4 Å².